The summed E-state index contributed by atoms with van der Waals surface area (Å²) in [6.45, 7) is 1.85. The van der Waals surface area contributed by atoms with Crippen LogP contribution in [0.15, 0.2) is 23.1 Å². The minimum Gasteiger partial charge on any atom is -0.374 e. The van der Waals surface area contributed by atoms with E-state index in [-0.39, 0.29) is 25.7 Å². The van der Waals surface area contributed by atoms with Crippen LogP contribution in [-0.4, -0.2) is 44.6 Å². The van der Waals surface area contributed by atoms with Gasteiger partial charge in [0.1, 0.15) is 11.6 Å². The fourth-order valence-corrected chi connectivity index (χ4v) is 3.59. The average Bonchev–Trinajstić information content (AvgIpc) is 2.38. The van der Waals surface area contributed by atoms with E-state index in [1.54, 1.807) is 6.92 Å². The molecule has 2 unspecified atom stereocenters. The van der Waals surface area contributed by atoms with Crippen LogP contribution in [0.25, 0.3) is 0 Å². The van der Waals surface area contributed by atoms with Crippen LogP contribution in [-0.2, 0) is 14.8 Å². The minimum atomic E-state index is -4.24. The number of hydrogen-bond acceptors (Lipinski definition) is 4. The van der Waals surface area contributed by atoms with Crippen LogP contribution in [0.2, 0.25) is 0 Å². The molecule has 2 atom stereocenters. The summed E-state index contributed by atoms with van der Waals surface area (Å²) in [6, 6.07) is 2.57. The normalized spacial score (nSPS) is 22.7. The number of hydrogen-bond donors (Lipinski definition) is 1. The molecule has 1 fully saturated rings. The van der Waals surface area contributed by atoms with E-state index in [9.17, 15) is 17.2 Å². The van der Waals surface area contributed by atoms with Gasteiger partial charge >= 0.3 is 0 Å². The monoisotopic (exact) mass is 306 g/mol. The van der Waals surface area contributed by atoms with Crippen molar-refractivity contribution in [2.24, 2.45) is 5.73 Å². The van der Waals surface area contributed by atoms with Gasteiger partial charge in [0, 0.05) is 19.1 Å². The summed E-state index contributed by atoms with van der Waals surface area (Å²) in [5.74, 6) is -2.21. The number of nitrogens with zero attached hydrogens (tertiary/aromatic N) is 1. The van der Waals surface area contributed by atoms with Crippen molar-refractivity contribution in [3.8, 4) is 0 Å². The topological polar surface area (TPSA) is 72.6 Å². The van der Waals surface area contributed by atoms with Crippen LogP contribution >= 0.6 is 0 Å². The highest BCUT2D eigenvalue weighted by atomic mass is 32.2. The van der Waals surface area contributed by atoms with Gasteiger partial charge < -0.3 is 10.5 Å². The van der Waals surface area contributed by atoms with Gasteiger partial charge in [-0.2, -0.15) is 4.31 Å². The van der Waals surface area contributed by atoms with Gasteiger partial charge in [-0.1, -0.05) is 6.07 Å². The van der Waals surface area contributed by atoms with Gasteiger partial charge in [0.05, 0.1) is 12.7 Å². The van der Waals surface area contributed by atoms with Crippen LogP contribution in [0.3, 0.4) is 0 Å². The van der Waals surface area contributed by atoms with Crippen molar-refractivity contribution in [2.75, 3.05) is 19.7 Å². The number of sulfonamides is 1. The van der Waals surface area contributed by atoms with E-state index in [2.05, 4.69) is 0 Å². The van der Waals surface area contributed by atoms with Crippen molar-refractivity contribution in [1.29, 1.82) is 0 Å². The number of benzene rings is 1. The molecule has 0 radical (unpaired) electrons. The molecule has 2 N–H and O–H groups in total. The number of morpholine rings is 1. The lowest BCUT2D eigenvalue weighted by Crippen LogP contribution is -2.51. The van der Waals surface area contributed by atoms with Crippen molar-refractivity contribution < 1.29 is 21.9 Å². The van der Waals surface area contributed by atoms with Crippen molar-refractivity contribution in [2.45, 2.75) is 24.0 Å². The molecular weight excluding hydrogens is 290 g/mol. The van der Waals surface area contributed by atoms with Gasteiger partial charge in [0.2, 0.25) is 10.0 Å². The highest BCUT2D eigenvalue weighted by Crippen LogP contribution is 2.24. The molecule has 1 heterocycles. The Morgan fingerprint density at radius 3 is 2.55 bits per heavy atom. The van der Waals surface area contributed by atoms with Gasteiger partial charge in [0.15, 0.2) is 4.90 Å². The largest absolute Gasteiger partial charge is 0.374 e. The Morgan fingerprint density at radius 2 is 2.00 bits per heavy atom. The van der Waals surface area contributed by atoms with E-state index in [0.29, 0.717) is 0 Å². The number of halogens is 2. The first-order valence-corrected chi connectivity index (χ1v) is 7.59. The molecule has 0 aliphatic carbocycles. The predicted octanol–water partition coefficient (Wildman–Crippen LogP) is 0.701. The number of ether oxygens (including phenoxy) is 1. The minimum absolute atomic E-state index is 0.0201. The Labute approximate surface area is 116 Å². The third-order valence-electron chi connectivity index (χ3n) is 3.16. The molecule has 1 aliphatic rings. The first kappa shape index (κ1) is 15.3. The molecule has 0 spiro atoms. The molecule has 0 amide bonds. The second-order valence-electron chi connectivity index (χ2n) is 4.68. The zero-order valence-electron chi connectivity index (χ0n) is 10.9. The van der Waals surface area contributed by atoms with Crippen LogP contribution in [0, 0.1) is 11.6 Å². The lowest BCUT2D eigenvalue weighted by Gasteiger charge is -2.33. The lowest BCUT2D eigenvalue weighted by molar-refractivity contribution is -0.0121. The Balaban J connectivity index is 2.35. The first-order valence-electron chi connectivity index (χ1n) is 6.15. The van der Waals surface area contributed by atoms with Gasteiger partial charge in [0.25, 0.3) is 0 Å². The summed E-state index contributed by atoms with van der Waals surface area (Å²) in [5, 5.41) is 0. The SMILES string of the molecule is CC(N)C1CN(S(=O)(=O)c2c(F)cccc2F)CCO1. The van der Waals surface area contributed by atoms with Crippen molar-refractivity contribution in [1.82, 2.24) is 4.31 Å². The quantitative estimate of drug-likeness (QED) is 0.892. The van der Waals surface area contributed by atoms with Crippen LogP contribution < -0.4 is 5.73 Å². The van der Waals surface area contributed by atoms with Gasteiger partial charge in [-0.3, -0.25) is 0 Å². The Hall–Kier alpha value is -1.09. The summed E-state index contributed by atoms with van der Waals surface area (Å²) in [6.07, 6.45) is -0.492. The fraction of sp³-hybridized carbons (Fsp3) is 0.500. The summed E-state index contributed by atoms with van der Waals surface area (Å²) in [5.41, 5.74) is 5.68. The number of rotatable bonds is 3. The highest BCUT2D eigenvalue weighted by molar-refractivity contribution is 7.89. The molecule has 112 valence electrons. The first-order chi connectivity index (χ1) is 9.34. The van der Waals surface area contributed by atoms with Gasteiger partial charge in [-0.05, 0) is 19.1 Å². The van der Waals surface area contributed by atoms with E-state index in [1.165, 1.54) is 0 Å². The van der Waals surface area contributed by atoms with Crippen LogP contribution in [0.4, 0.5) is 8.78 Å². The third kappa shape index (κ3) is 2.83. The zero-order valence-corrected chi connectivity index (χ0v) is 11.7. The smallest absolute Gasteiger partial charge is 0.249 e. The molecule has 5 nitrogen and oxygen atoms in total. The molecule has 1 aliphatic heterocycles. The molecule has 1 aromatic carbocycles. The van der Waals surface area contributed by atoms with E-state index in [0.717, 1.165) is 22.5 Å². The van der Waals surface area contributed by atoms with E-state index in [1.807, 2.05) is 0 Å². The fourth-order valence-electron chi connectivity index (χ4n) is 2.05. The second-order valence-corrected chi connectivity index (χ2v) is 6.56. The maximum atomic E-state index is 13.7. The standard InChI is InChI=1S/C12H16F2N2O3S/c1-8(15)11-7-16(5-6-19-11)20(17,18)12-9(13)3-2-4-10(12)14/h2-4,8,11H,5-7,15H2,1H3. The van der Waals surface area contributed by atoms with Gasteiger partial charge in [-0.25, -0.2) is 17.2 Å². The molecular formula is C12H16F2N2O3S. The third-order valence-corrected chi connectivity index (χ3v) is 5.08. The highest BCUT2D eigenvalue weighted by Gasteiger charge is 2.35. The van der Waals surface area contributed by atoms with Crippen LogP contribution in [0.5, 0.6) is 0 Å². The molecule has 1 saturated heterocycles. The van der Waals surface area contributed by atoms with Crippen molar-refractivity contribution in [3.05, 3.63) is 29.8 Å². The van der Waals surface area contributed by atoms with Crippen LogP contribution in [0.1, 0.15) is 6.92 Å². The average molecular weight is 306 g/mol. The molecule has 20 heavy (non-hydrogen) atoms. The lowest BCUT2D eigenvalue weighted by atomic mass is 10.2. The maximum absolute atomic E-state index is 13.7. The van der Waals surface area contributed by atoms with E-state index >= 15 is 0 Å². The van der Waals surface area contributed by atoms with E-state index in [4.69, 9.17) is 10.5 Å². The summed E-state index contributed by atoms with van der Waals surface area (Å²) in [4.78, 5) is -0.926. The Kier molecular flexibility index (Phi) is 4.38. The molecule has 0 saturated carbocycles. The summed E-state index contributed by atoms with van der Waals surface area (Å²) < 4.78 is 58.4. The molecule has 0 aromatic heterocycles. The molecule has 1 aromatic rings. The predicted molar refractivity (Wildman–Crippen MR) is 68.5 cm³/mol. The van der Waals surface area contributed by atoms with E-state index < -0.39 is 32.7 Å². The molecule has 2 rings (SSSR count). The molecule has 0 bridgehead atoms. The Morgan fingerprint density at radius 1 is 1.40 bits per heavy atom. The zero-order chi connectivity index (χ0) is 14.9. The van der Waals surface area contributed by atoms with Crippen molar-refractivity contribution >= 4 is 10.0 Å². The second kappa shape index (κ2) is 5.72. The number of nitrogens with two attached hydrogens (primary N) is 1. The van der Waals surface area contributed by atoms with Crippen molar-refractivity contribution in [3.63, 3.8) is 0 Å². The maximum Gasteiger partial charge on any atom is 0.249 e. The molecule has 8 heteroatoms. The summed E-state index contributed by atoms with van der Waals surface area (Å²) >= 11 is 0. The Bertz CT molecular complexity index is 572. The van der Waals surface area contributed by atoms with Gasteiger partial charge in [-0.15, -0.1) is 0 Å². The summed E-state index contributed by atoms with van der Waals surface area (Å²) in [7, 11) is -4.24.